The lowest BCUT2D eigenvalue weighted by Crippen LogP contribution is -2.41. The van der Waals surface area contributed by atoms with Gasteiger partial charge >= 0.3 is 0 Å². The van der Waals surface area contributed by atoms with Crippen molar-refractivity contribution in [3.63, 3.8) is 0 Å². The van der Waals surface area contributed by atoms with Gasteiger partial charge in [0.2, 0.25) is 15.9 Å². The van der Waals surface area contributed by atoms with E-state index in [9.17, 15) is 17.6 Å². The van der Waals surface area contributed by atoms with E-state index in [-0.39, 0.29) is 29.8 Å². The molecule has 0 aliphatic carbocycles. The van der Waals surface area contributed by atoms with Crippen molar-refractivity contribution in [1.82, 2.24) is 9.29 Å². The van der Waals surface area contributed by atoms with Crippen LogP contribution in [0.25, 0.3) is 0 Å². The van der Waals surface area contributed by atoms with E-state index in [0.29, 0.717) is 23.1 Å². The van der Waals surface area contributed by atoms with Gasteiger partial charge in [0.05, 0.1) is 0 Å². The molecular weight excluding hydrogens is 425 g/mol. The van der Waals surface area contributed by atoms with E-state index in [4.69, 9.17) is 0 Å². The molecular formula is C17H17BrFN3O3S. The first-order chi connectivity index (χ1) is 12.4. The second-order valence-corrected chi connectivity index (χ2v) is 8.78. The van der Waals surface area contributed by atoms with E-state index < -0.39 is 15.8 Å². The van der Waals surface area contributed by atoms with Gasteiger partial charge in [-0.25, -0.2) is 17.8 Å². The maximum Gasteiger partial charge on any atom is 0.246 e. The van der Waals surface area contributed by atoms with Crippen molar-refractivity contribution in [2.45, 2.75) is 17.7 Å². The highest BCUT2D eigenvalue weighted by Gasteiger charge is 2.33. The number of pyridine rings is 1. The lowest BCUT2D eigenvalue weighted by Gasteiger charge is -2.30. The molecule has 0 spiro atoms. The van der Waals surface area contributed by atoms with Gasteiger partial charge in [-0.2, -0.15) is 4.31 Å². The summed E-state index contributed by atoms with van der Waals surface area (Å²) in [6, 6.07) is 9.02. The van der Waals surface area contributed by atoms with E-state index in [1.807, 2.05) is 0 Å². The van der Waals surface area contributed by atoms with Crippen LogP contribution in [0.5, 0.6) is 0 Å². The number of anilines is 1. The number of sulfonamides is 1. The van der Waals surface area contributed by atoms with Gasteiger partial charge in [-0.1, -0.05) is 22.0 Å². The van der Waals surface area contributed by atoms with Gasteiger partial charge in [0, 0.05) is 29.7 Å². The number of amides is 1. The number of hydrogen-bond acceptors (Lipinski definition) is 4. The van der Waals surface area contributed by atoms with Gasteiger partial charge in [-0.05, 0) is 43.2 Å². The first-order valence-corrected chi connectivity index (χ1v) is 10.3. The van der Waals surface area contributed by atoms with Crippen molar-refractivity contribution in [3.8, 4) is 0 Å². The Hall–Kier alpha value is -1.84. The number of halogens is 2. The van der Waals surface area contributed by atoms with Crippen molar-refractivity contribution in [2.24, 2.45) is 5.92 Å². The largest absolute Gasteiger partial charge is 0.310 e. The Balaban J connectivity index is 1.66. The fourth-order valence-electron chi connectivity index (χ4n) is 2.84. The Kier molecular flexibility index (Phi) is 5.69. The molecule has 3 rings (SSSR count). The molecule has 0 saturated carbocycles. The lowest BCUT2D eigenvalue weighted by molar-refractivity contribution is -0.120. The molecule has 9 heteroatoms. The summed E-state index contributed by atoms with van der Waals surface area (Å²) in [5.41, 5.74) is 0. The quantitative estimate of drug-likeness (QED) is 0.790. The minimum Gasteiger partial charge on any atom is -0.310 e. The van der Waals surface area contributed by atoms with E-state index >= 15 is 0 Å². The minimum atomic E-state index is -3.94. The van der Waals surface area contributed by atoms with Gasteiger partial charge in [0.25, 0.3) is 0 Å². The molecule has 1 saturated heterocycles. The Morgan fingerprint density at radius 1 is 1.23 bits per heavy atom. The van der Waals surface area contributed by atoms with E-state index in [2.05, 4.69) is 26.2 Å². The number of carbonyl (C=O) groups is 1. The third-order valence-corrected chi connectivity index (χ3v) is 6.66. The molecule has 138 valence electrons. The zero-order valence-electron chi connectivity index (χ0n) is 13.7. The average Bonchev–Trinajstić information content (AvgIpc) is 2.64. The monoisotopic (exact) mass is 441 g/mol. The van der Waals surface area contributed by atoms with Crippen LogP contribution in [-0.4, -0.2) is 36.7 Å². The molecule has 0 bridgehead atoms. The van der Waals surface area contributed by atoms with Crippen LogP contribution >= 0.6 is 15.9 Å². The molecule has 0 unspecified atom stereocenters. The summed E-state index contributed by atoms with van der Waals surface area (Å²) in [6.45, 7) is 0.323. The second-order valence-electron chi connectivity index (χ2n) is 5.96. The Bertz CT molecular complexity index is 901. The molecule has 1 fully saturated rings. The fraction of sp³-hybridized carbons (Fsp3) is 0.294. The van der Waals surface area contributed by atoms with Crippen LogP contribution in [-0.2, 0) is 14.8 Å². The molecule has 1 aromatic carbocycles. The number of nitrogens with zero attached hydrogens (tertiary/aromatic N) is 2. The topological polar surface area (TPSA) is 79.4 Å². The maximum absolute atomic E-state index is 14.0. The summed E-state index contributed by atoms with van der Waals surface area (Å²) in [6.07, 6.45) is 2.32. The van der Waals surface area contributed by atoms with Crippen LogP contribution < -0.4 is 5.32 Å². The molecule has 6 nitrogen and oxygen atoms in total. The smallest absolute Gasteiger partial charge is 0.246 e. The Labute approximate surface area is 159 Å². The predicted octanol–water partition coefficient (Wildman–Crippen LogP) is 3.02. The van der Waals surface area contributed by atoms with Crippen molar-refractivity contribution in [3.05, 3.63) is 52.9 Å². The minimum absolute atomic E-state index is 0.161. The highest BCUT2D eigenvalue weighted by atomic mass is 79.9. The number of rotatable bonds is 4. The van der Waals surface area contributed by atoms with Crippen molar-refractivity contribution >= 4 is 37.7 Å². The zero-order valence-corrected chi connectivity index (χ0v) is 16.1. The molecule has 1 N–H and O–H groups in total. The number of nitrogens with one attached hydrogen (secondary N) is 1. The summed E-state index contributed by atoms with van der Waals surface area (Å²) in [7, 11) is -3.94. The number of aromatic nitrogens is 1. The molecule has 2 aromatic rings. The SMILES string of the molecule is O=C(Nc1ccccn1)C1CCN(S(=O)(=O)c2cc(Br)ccc2F)CC1. The van der Waals surface area contributed by atoms with Crippen LogP contribution in [0.2, 0.25) is 0 Å². The molecule has 26 heavy (non-hydrogen) atoms. The van der Waals surface area contributed by atoms with Crippen LogP contribution in [0, 0.1) is 11.7 Å². The maximum atomic E-state index is 14.0. The highest BCUT2D eigenvalue weighted by molar-refractivity contribution is 9.10. The van der Waals surface area contributed by atoms with E-state index in [1.54, 1.807) is 24.4 Å². The summed E-state index contributed by atoms with van der Waals surface area (Å²) in [5, 5.41) is 2.73. The van der Waals surface area contributed by atoms with Gasteiger partial charge in [0.1, 0.15) is 16.5 Å². The molecule has 1 aromatic heterocycles. The first kappa shape index (κ1) is 18.9. The Morgan fingerprint density at radius 2 is 1.96 bits per heavy atom. The Morgan fingerprint density at radius 3 is 2.62 bits per heavy atom. The van der Waals surface area contributed by atoms with E-state index in [1.165, 1.54) is 16.4 Å². The van der Waals surface area contributed by atoms with Gasteiger partial charge in [-0.3, -0.25) is 4.79 Å². The number of hydrogen-bond donors (Lipinski definition) is 1. The molecule has 1 aliphatic heterocycles. The van der Waals surface area contributed by atoms with Crippen molar-refractivity contribution < 1.29 is 17.6 Å². The summed E-state index contributed by atoms with van der Waals surface area (Å²) in [5.74, 6) is -0.822. The van der Waals surface area contributed by atoms with Crippen LogP contribution in [0.1, 0.15) is 12.8 Å². The van der Waals surface area contributed by atoms with Crippen molar-refractivity contribution in [1.29, 1.82) is 0 Å². The number of benzene rings is 1. The van der Waals surface area contributed by atoms with Gasteiger partial charge < -0.3 is 5.32 Å². The zero-order chi connectivity index (χ0) is 18.7. The highest BCUT2D eigenvalue weighted by Crippen LogP contribution is 2.27. The van der Waals surface area contributed by atoms with Crippen LogP contribution in [0.15, 0.2) is 52.0 Å². The average molecular weight is 442 g/mol. The molecule has 0 atom stereocenters. The normalized spacial score (nSPS) is 16.4. The van der Waals surface area contributed by atoms with Crippen molar-refractivity contribution in [2.75, 3.05) is 18.4 Å². The van der Waals surface area contributed by atoms with Crippen LogP contribution in [0.3, 0.4) is 0 Å². The second kappa shape index (κ2) is 7.81. The number of carbonyl (C=O) groups excluding carboxylic acids is 1. The summed E-state index contributed by atoms with van der Waals surface area (Å²) >= 11 is 3.16. The fourth-order valence-corrected chi connectivity index (χ4v) is 4.91. The first-order valence-electron chi connectivity index (χ1n) is 8.05. The third-order valence-electron chi connectivity index (χ3n) is 4.25. The molecule has 1 aliphatic rings. The molecule has 1 amide bonds. The predicted molar refractivity (Wildman–Crippen MR) is 98.4 cm³/mol. The number of piperidine rings is 1. The third kappa shape index (κ3) is 4.11. The summed E-state index contributed by atoms with van der Waals surface area (Å²) < 4.78 is 41.0. The lowest BCUT2D eigenvalue weighted by atomic mass is 9.97. The standard InChI is InChI=1S/C17H17BrFN3O3S/c18-13-4-5-14(19)15(11-13)26(24,25)22-9-6-12(7-10-22)17(23)21-16-3-1-2-8-20-16/h1-5,8,11-12H,6-7,9-10H2,(H,20,21,23). The van der Waals surface area contributed by atoms with Crippen LogP contribution in [0.4, 0.5) is 10.2 Å². The van der Waals surface area contributed by atoms with E-state index in [0.717, 1.165) is 6.07 Å². The van der Waals surface area contributed by atoms with Gasteiger partial charge in [-0.15, -0.1) is 0 Å². The summed E-state index contributed by atoms with van der Waals surface area (Å²) in [4.78, 5) is 16.0. The van der Waals surface area contributed by atoms with Gasteiger partial charge in [0.15, 0.2) is 0 Å². The molecule has 2 heterocycles. The molecule has 0 radical (unpaired) electrons.